The molecule has 10 nitrogen and oxygen atoms in total. The highest BCUT2D eigenvalue weighted by Crippen LogP contribution is 2.39. The fraction of sp³-hybridized carbons (Fsp3) is 0.222. The normalized spacial score (nSPS) is 11.3. The van der Waals surface area contributed by atoms with E-state index in [0.717, 1.165) is 22.3 Å². The van der Waals surface area contributed by atoms with Crippen molar-refractivity contribution < 1.29 is 38.0 Å². The van der Waals surface area contributed by atoms with Gasteiger partial charge in [0.2, 0.25) is 23.3 Å². The molecular weight excluding hydrogens is 588 g/mol. The van der Waals surface area contributed by atoms with Crippen LogP contribution in [0.25, 0.3) is 12.2 Å². The van der Waals surface area contributed by atoms with Gasteiger partial charge in [-0.25, -0.2) is 0 Å². The monoisotopic (exact) mass is 628 g/mol. The minimum atomic E-state index is -0.225. The number of hydrogen-bond donors (Lipinski definition) is 2. The Balaban J connectivity index is 1.43. The van der Waals surface area contributed by atoms with Gasteiger partial charge in [0.05, 0.1) is 42.7 Å². The van der Waals surface area contributed by atoms with Gasteiger partial charge < -0.3 is 39.1 Å². The van der Waals surface area contributed by atoms with Crippen LogP contribution in [0.1, 0.15) is 22.3 Å². The molecule has 0 heterocycles. The number of rotatable bonds is 16. The van der Waals surface area contributed by atoms with E-state index in [9.17, 15) is 9.59 Å². The molecule has 0 aromatic heterocycles. The lowest BCUT2D eigenvalue weighted by Gasteiger charge is -2.12. The van der Waals surface area contributed by atoms with Gasteiger partial charge in [0.15, 0.2) is 23.0 Å². The van der Waals surface area contributed by atoms with Crippen LogP contribution in [-0.2, 0) is 22.7 Å². The molecule has 2 amide bonds. The van der Waals surface area contributed by atoms with Crippen LogP contribution in [0.15, 0.2) is 85.0 Å². The second kappa shape index (κ2) is 18.2. The maximum Gasteiger partial charge on any atom is 0.244 e. The molecule has 0 bridgehead atoms. The SMILES string of the molecule is COc1cc(/C=C/C=C/C(=O)NCc2ccc(CNC(=O)/C=C/C=C/c3cc(OC)c(OC)c(OC)c3)cc2)cc(OC)c1OC. The van der Waals surface area contributed by atoms with Crippen molar-refractivity contribution in [2.24, 2.45) is 0 Å². The predicted octanol–water partition coefficient (Wildman–Crippen LogP) is 5.51. The van der Waals surface area contributed by atoms with Crippen LogP contribution < -0.4 is 39.1 Å². The van der Waals surface area contributed by atoms with Crippen molar-refractivity contribution in [2.75, 3.05) is 42.7 Å². The van der Waals surface area contributed by atoms with Crippen LogP contribution in [0.4, 0.5) is 0 Å². The van der Waals surface area contributed by atoms with Crippen LogP contribution in [-0.4, -0.2) is 54.5 Å². The number of benzene rings is 3. The topological polar surface area (TPSA) is 114 Å². The van der Waals surface area contributed by atoms with E-state index in [4.69, 9.17) is 28.4 Å². The van der Waals surface area contributed by atoms with Gasteiger partial charge >= 0.3 is 0 Å². The Hall–Kier alpha value is -5.64. The second-order valence-corrected chi connectivity index (χ2v) is 9.61. The van der Waals surface area contributed by atoms with Crippen LogP contribution >= 0.6 is 0 Å². The van der Waals surface area contributed by atoms with Gasteiger partial charge in [0.25, 0.3) is 0 Å². The fourth-order valence-corrected chi connectivity index (χ4v) is 4.29. The highest BCUT2D eigenvalue weighted by atomic mass is 16.5. The molecule has 10 heteroatoms. The Kier molecular flexibility index (Phi) is 13.8. The summed E-state index contributed by atoms with van der Waals surface area (Å²) in [6.07, 6.45) is 13.4. The molecule has 0 atom stereocenters. The van der Waals surface area contributed by atoms with Gasteiger partial charge in [0.1, 0.15) is 0 Å². The molecule has 0 radical (unpaired) electrons. The molecule has 0 fully saturated rings. The number of methoxy groups -OCH3 is 6. The average Bonchev–Trinajstić information content (AvgIpc) is 3.09. The number of nitrogens with one attached hydrogen (secondary N) is 2. The van der Waals surface area contributed by atoms with Gasteiger partial charge in [-0.3, -0.25) is 9.59 Å². The first-order valence-electron chi connectivity index (χ1n) is 14.3. The van der Waals surface area contributed by atoms with Crippen LogP contribution in [0.3, 0.4) is 0 Å². The number of allylic oxidation sites excluding steroid dienone is 4. The lowest BCUT2D eigenvalue weighted by atomic mass is 10.1. The van der Waals surface area contributed by atoms with E-state index in [-0.39, 0.29) is 11.8 Å². The fourth-order valence-electron chi connectivity index (χ4n) is 4.29. The summed E-state index contributed by atoms with van der Waals surface area (Å²) in [6.45, 7) is 0.737. The first kappa shape index (κ1) is 34.8. The predicted molar refractivity (Wildman–Crippen MR) is 179 cm³/mol. The Morgan fingerprint density at radius 2 is 0.848 bits per heavy atom. The molecule has 3 aromatic rings. The van der Waals surface area contributed by atoms with Gasteiger partial charge in [0, 0.05) is 25.2 Å². The summed E-state index contributed by atoms with van der Waals surface area (Å²) >= 11 is 0. The Bertz CT molecular complexity index is 1420. The summed E-state index contributed by atoms with van der Waals surface area (Å²) < 4.78 is 32.1. The summed E-state index contributed by atoms with van der Waals surface area (Å²) in [5.74, 6) is 2.77. The summed E-state index contributed by atoms with van der Waals surface area (Å²) in [5, 5.41) is 5.71. The van der Waals surface area contributed by atoms with Gasteiger partial charge in [-0.05, 0) is 46.5 Å². The molecular formula is C36H40N2O8. The molecule has 0 saturated heterocycles. The molecule has 0 saturated carbocycles. The zero-order valence-electron chi connectivity index (χ0n) is 26.9. The third-order valence-electron chi connectivity index (χ3n) is 6.63. The van der Waals surface area contributed by atoms with Crippen LogP contribution in [0.5, 0.6) is 34.5 Å². The zero-order chi connectivity index (χ0) is 33.3. The first-order valence-corrected chi connectivity index (χ1v) is 14.3. The van der Waals surface area contributed by atoms with Gasteiger partial charge in [-0.15, -0.1) is 0 Å². The minimum Gasteiger partial charge on any atom is -0.493 e. The summed E-state index contributed by atoms with van der Waals surface area (Å²) in [5.41, 5.74) is 3.52. The number of hydrogen-bond acceptors (Lipinski definition) is 8. The summed E-state index contributed by atoms with van der Waals surface area (Å²) in [4.78, 5) is 24.5. The Morgan fingerprint density at radius 3 is 1.13 bits per heavy atom. The van der Waals surface area contributed by atoms with Gasteiger partial charge in [-0.1, -0.05) is 60.7 Å². The molecule has 0 aliphatic heterocycles. The van der Waals surface area contributed by atoms with Crippen LogP contribution in [0, 0.1) is 0 Å². The third kappa shape index (κ3) is 10.2. The average molecular weight is 629 g/mol. The van der Waals surface area contributed by atoms with E-state index in [1.807, 2.05) is 60.7 Å². The molecule has 3 rings (SSSR count). The standard InChI is InChI=1S/C36H40N2O8/c1-41-29-19-27(20-30(42-2)35(29)45-5)11-7-9-13-33(39)37-23-25-15-17-26(18-16-25)24-38-34(40)14-10-8-12-28-21-31(43-3)36(46-6)32(22-28)44-4/h7-22H,23-24H2,1-6H3,(H,37,39)(H,38,40)/b11-7+,12-8+,13-9+,14-10+. The van der Waals surface area contributed by atoms with E-state index in [0.29, 0.717) is 47.6 Å². The van der Waals surface area contributed by atoms with Crippen molar-refractivity contribution in [1.29, 1.82) is 0 Å². The van der Waals surface area contributed by atoms with E-state index in [2.05, 4.69) is 10.6 Å². The highest BCUT2D eigenvalue weighted by Gasteiger charge is 2.13. The molecule has 2 N–H and O–H groups in total. The third-order valence-corrected chi connectivity index (χ3v) is 6.63. The molecule has 3 aromatic carbocycles. The number of amides is 2. The number of ether oxygens (including phenoxy) is 6. The molecule has 0 aliphatic carbocycles. The molecule has 242 valence electrons. The molecule has 0 unspecified atom stereocenters. The van der Waals surface area contributed by atoms with Crippen LogP contribution in [0.2, 0.25) is 0 Å². The van der Waals surface area contributed by atoms with Crippen molar-refractivity contribution in [3.63, 3.8) is 0 Å². The quantitative estimate of drug-likeness (QED) is 0.158. The van der Waals surface area contributed by atoms with Crippen molar-refractivity contribution in [1.82, 2.24) is 10.6 Å². The summed E-state index contributed by atoms with van der Waals surface area (Å²) in [7, 11) is 9.33. The Labute approximate surface area is 269 Å². The van der Waals surface area contributed by atoms with E-state index in [1.165, 1.54) is 12.2 Å². The highest BCUT2D eigenvalue weighted by molar-refractivity contribution is 5.88. The molecule has 46 heavy (non-hydrogen) atoms. The second-order valence-electron chi connectivity index (χ2n) is 9.61. The molecule has 0 aliphatic rings. The van der Waals surface area contributed by atoms with E-state index >= 15 is 0 Å². The van der Waals surface area contributed by atoms with E-state index in [1.54, 1.807) is 67.0 Å². The largest absolute Gasteiger partial charge is 0.493 e. The molecule has 0 spiro atoms. The van der Waals surface area contributed by atoms with Crippen molar-refractivity contribution in [3.8, 4) is 34.5 Å². The Morgan fingerprint density at radius 1 is 0.522 bits per heavy atom. The smallest absolute Gasteiger partial charge is 0.244 e. The number of carbonyl (C=O) groups is 2. The van der Waals surface area contributed by atoms with Crippen molar-refractivity contribution in [2.45, 2.75) is 13.1 Å². The zero-order valence-corrected chi connectivity index (χ0v) is 26.9. The van der Waals surface area contributed by atoms with Crippen molar-refractivity contribution in [3.05, 3.63) is 107 Å². The lowest BCUT2D eigenvalue weighted by molar-refractivity contribution is -0.117. The van der Waals surface area contributed by atoms with Gasteiger partial charge in [-0.2, -0.15) is 0 Å². The minimum absolute atomic E-state index is 0.225. The maximum atomic E-state index is 12.3. The van der Waals surface area contributed by atoms with Crippen molar-refractivity contribution >= 4 is 24.0 Å². The maximum absolute atomic E-state index is 12.3. The lowest BCUT2D eigenvalue weighted by Crippen LogP contribution is -2.21. The van der Waals surface area contributed by atoms with E-state index < -0.39 is 0 Å². The first-order chi connectivity index (χ1) is 22.3. The summed E-state index contributed by atoms with van der Waals surface area (Å²) in [6, 6.07) is 14.9. The number of carbonyl (C=O) groups excluding carboxylic acids is 2.